The molecule has 0 saturated carbocycles. The molecule has 3 rings (SSSR count). The van der Waals surface area contributed by atoms with Crippen LogP contribution in [0.1, 0.15) is 27.8 Å². The number of carbonyl (C=O) groups excluding carboxylic acids is 1. The quantitative estimate of drug-likeness (QED) is 0.245. The van der Waals surface area contributed by atoms with Gasteiger partial charge in [0.25, 0.3) is 5.91 Å². The SMILES string of the molecule is COc1cc(/C=C(\C#N)C(=O)Nc2cccc(C(F)(F)F)c2)cc(Br)c1OCc1ccc(C)c(C)c1. The highest BCUT2D eigenvalue weighted by molar-refractivity contribution is 9.10. The maximum absolute atomic E-state index is 12.9. The summed E-state index contributed by atoms with van der Waals surface area (Å²) in [5.41, 5.74) is 2.47. The number of carbonyl (C=O) groups is 1. The molecule has 0 bridgehead atoms. The van der Waals surface area contributed by atoms with E-state index in [2.05, 4.69) is 21.2 Å². The number of hydrogen-bond donors (Lipinski definition) is 1. The van der Waals surface area contributed by atoms with Crippen molar-refractivity contribution in [2.24, 2.45) is 0 Å². The van der Waals surface area contributed by atoms with Crippen LogP contribution in [0.4, 0.5) is 18.9 Å². The van der Waals surface area contributed by atoms with Crippen molar-refractivity contribution in [3.8, 4) is 17.6 Å². The molecule has 0 atom stereocenters. The van der Waals surface area contributed by atoms with Gasteiger partial charge in [-0.15, -0.1) is 0 Å². The minimum Gasteiger partial charge on any atom is -0.493 e. The summed E-state index contributed by atoms with van der Waals surface area (Å²) in [5, 5.41) is 11.8. The average Bonchev–Trinajstić information content (AvgIpc) is 2.83. The lowest BCUT2D eigenvalue weighted by atomic mass is 10.1. The lowest BCUT2D eigenvalue weighted by Crippen LogP contribution is -2.14. The molecule has 1 N–H and O–H groups in total. The predicted molar refractivity (Wildman–Crippen MR) is 135 cm³/mol. The van der Waals surface area contributed by atoms with E-state index in [1.54, 1.807) is 18.2 Å². The maximum atomic E-state index is 12.9. The minimum absolute atomic E-state index is 0.0789. The van der Waals surface area contributed by atoms with E-state index in [-0.39, 0.29) is 11.3 Å². The first-order valence-corrected chi connectivity index (χ1v) is 11.5. The van der Waals surface area contributed by atoms with Gasteiger partial charge in [-0.25, -0.2) is 0 Å². The van der Waals surface area contributed by atoms with Crippen LogP contribution in [0.15, 0.2) is 64.6 Å². The molecule has 186 valence electrons. The summed E-state index contributed by atoms with van der Waals surface area (Å²) in [7, 11) is 1.46. The molecule has 0 saturated heterocycles. The molecular formula is C27H22BrF3N2O3. The van der Waals surface area contributed by atoms with Gasteiger partial charge in [0.05, 0.1) is 17.1 Å². The average molecular weight is 559 g/mol. The largest absolute Gasteiger partial charge is 0.493 e. The summed E-state index contributed by atoms with van der Waals surface area (Å²) in [4.78, 5) is 12.6. The standard InChI is InChI=1S/C27H22BrF3N2O3/c1-16-7-8-18(9-17(16)2)15-36-25-23(28)11-19(12-24(25)35-3)10-20(14-32)26(34)33-22-6-4-5-21(13-22)27(29,30)31/h4-13H,15H2,1-3H3,(H,33,34)/b20-10+. The normalized spacial score (nSPS) is 11.6. The second-order valence-corrected chi connectivity index (χ2v) is 8.80. The molecule has 5 nitrogen and oxygen atoms in total. The highest BCUT2D eigenvalue weighted by Crippen LogP contribution is 2.38. The van der Waals surface area contributed by atoms with Crippen LogP contribution in [-0.4, -0.2) is 13.0 Å². The summed E-state index contributed by atoms with van der Waals surface area (Å²) in [5.74, 6) is -0.0307. The zero-order valence-electron chi connectivity index (χ0n) is 19.7. The highest BCUT2D eigenvalue weighted by atomic mass is 79.9. The number of aryl methyl sites for hydroxylation is 2. The van der Waals surface area contributed by atoms with Gasteiger partial charge in [0.2, 0.25) is 0 Å². The molecule has 0 fully saturated rings. The second kappa shape index (κ2) is 11.3. The Bertz CT molecular complexity index is 1360. The number of halogens is 4. The number of anilines is 1. The fourth-order valence-electron chi connectivity index (χ4n) is 3.30. The van der Waals surface area contributed by atoms with Gasteiger partial charge in [0, 0.05) is 5.69 Å². The van der Waals surface area contributed by atoms with Gasteiger partial charge in [-0.1, -0.05) is 24.3 Å². The number of amides is 1. The minimum atomic E-state index is -4.56. The predicted octanol–water partition coefficient (Wildman–Crippen LogP) is 7.22. The highest BCUT2D eigenvalue weighted by Gasteiger charge is 2.30. The third-order valence-electron chi connectivity index (χ3n) is 5.33. The number of nitrogens with one attached hydrogen (secondary N) is 1. The molecule has 0 aliphatic carbocycles. The first-order valence-electron chi connectivity index (χ1n) is 10.7. The van der Waals surface area contributed by atoms with Crippen LogP contribution in [0.3, 0.4) is 0 Å². The molecule has 36 heavy (non-hydrogen) atoms. The van der Waals surface area contributed by atoms with E-state index in [4.69, 9.17) is 9.47 Å². The Labute approximate surface area is 215 Å². The number of methoxy groups -OCH3 is 1. The van der Waals surface area contributed by atoms with Crippen molar-refractivity contribution in [1.82, 2.24) is 0 Å². The summed E-state index contributed by atoms with van der Waals surface area (Å²) in [6.45, 7) is 4.35. The molecular weight excluding hydrogens is 537 g/mol. The van der Waals surface area contributed by atoms with Crippen molar-refractivity contribution in [3.05, 3.63) is 92.5 Å². The van der Waals surface area contributed by atoms with Gasteiger partial charge in [-0.05, 0) is 88.4 Å². The number of hydrogen-bond acceptors (Lipinski definition) is 4. The molecule has 0 aromatic heterocycles. The molecule has 0 aliphatic rings. The third kappa shape index (κ3) is 6.67. The van der Waals surface area contributed by atoms with Crippen LogP contribution in [0.5, 0.6) is 11.5 Å². The van der Waals surface area contributed by atoms with Gasteiger partial charge in [-0.3, -0.25) is 4.79 Å². The molecule has 0 heterocycles. The topological polar surface area (TPSA) is 71.3 Å². The van der Waals surface area contributed by atoms with Crippen molar-refractivity contribution in [2.75, 3.05) is 12.4 Å². The zero-order chi connectivity index (χ0) is 26.5. The van der Waals surface area contributed by atoms with E-state index in [0.717, 1.165) is 23.3 Å². The Morgan fingerprint density at radius 2 is 1.86 bits per heavy atom. The number of benzene rings is 3. The Kier molecular flexibility index (Phi) is 8.43. The second-order valence-electron chi connectivity index (χ2n) is 7.94. The van der Waals surface area contributed by atoms with E-state index >= 15 is 0 Å². The lowest BCUT2D eigenvalue weighted by Gasteiger charge is -2.14. The fourth-order valence-corrected chi connectivity index (χ4v) is 3.87. The van der Waals surface area contributed by atoms with E-state index in [1.807, 2.05) is 32.0 Å². The monoisotopic (exact) mass is 558 g/mol. The van der Waals surface area contributed by atoms with Crippen molar-refractivity contribution in [2.45, 2.75) is 26.6 Å². The van der Waals surface area contributed by atoms with Crippen LogP contribution in [0.25, 0.3) is 6.08 Å². The molecule has 0 spiro atoms. The third-order valence-corrected chi connectivity index (χ3v) is 5.92. The van der Waals surface area contributed by atoms with E-state index in [1.165, 1.54) is 30.9 Å². The van der Waals surface area contributed by atoms with Crippen LogP contribution in [0.2, 0.25) is 0 Å². The Morgan fingerprint density at radius 1 is 1.11 bits per heavy atom. The number of rotatable bonds is 7. The molecule has 3 aromatic carbocycles. The summed E-state index contributed by atoms with van der Waals surface area (Å²) in [6.07, 6.45) is -3.25. The van der Waals surface area contributed by atoms with Crippen molar-refractivity contribution < 1.29 is 27.4 Å². The fraction of sp³-hybridized carbons (Fsp3) is 0.185. The van der Waals surface area contributed by atoms with Crippen LogP contribution in [-0.2, 0) is 17.6 Å². The Balaban J connectivity index is 1.82. The van der Waals surface area contributed by atoms with Gasteiger partial charge >= 0.3 is 6.18 Å². The van der Waals surface area contributed by atoms with Crippen molar-refractivity contribution in [3.63, 3.8) is 0 Å². The number of ether oxygens (including phenoxy) is 2. The first-order chi connectivity index (χ1) is 17.0. The summed E-state index contributed by atoms with van der Waals surface area (Å²) in [6, 6.07) is 15.2. The molecule has 0 aliphatic heterocycles. The van der Waals surface area contributed by atoms with Crippen LogP contribution >= 0.6 is 15.9 Å². The van der Waals surface area contributed by atoms with Crippen LogP contribution < -0.4 is 14.8 Å². The van der Waals surface area contributed by atoms with E-state index in [0.29, 0.717) is 28.1 Å². The van der Waals surface area contributed by atoms with Gasteiger partial charge in [-0.2, -0.15) is 18.4 Å². The Hall–Kier alpha value is -3.77. The van der Waals surface area contributed by atoms with Crippen molar-refractivity contribution in [1.29, 1.82) is 5.26 Å². The first kappa shape index (κ1) is 26.8. The lowest BCUT2D eigenvalue weighted by molar-refractivity contribution is -0.137. The smallest absolute Gasteiger partial charge is 0.416 e. The van der Waals surface area contributed by atoms with Gasteiger partial charge in [0.1, 0.15) is 18.2 Å². The Morgan fingerprint density at radius 3 is 2.50 bits per heavy atom. The van der Waals surface area contributed by atoms with E-state index in [9.17, 15) is 23.2 Å². The molecule has 9 heteroatoms. The molecule has 1 amide bonds. The van der Waals surface area contributed by atoms with Gasteiger partial charge < -0.3 is 14.8 Å². The molecule has 3 aromatic rings. The number of nitrogens with zero attached hydrogens (tertiary/aromatic N) is 1. The van der Waals surface area contributed by atoms with E-state index < -0.39 is 17.6 Å². The summed E-state index contributed by atoms with van der Waals surface area (Å²) >= 11 is 3.44. The molecule has 0 radical (unpaired) electrons. The number of alkyl halides is 3. The van der Waals surface area contributed by atoms with Gasteiger partial charge in [0.15, 0.2) is 11.5 Å². The molecule has 0 unspecified atom stereocenters. The maximum Gasteiger partial charge on any atom is 0.416 e. The zero-order valence-corrected chi connectivity index (χ0v) is 21.3. The summed E-state index contributed by atoms with van der Waals surface area (Å²) < 4.78 is 50.8. The number of nitriles is 1. The van der Waals surface area contributed by atoms with Crippen molar-refractivity contribution >= 4 is 33.6 Å². The van der Waals surface area contributed by atoms with Crippen LogP contribution in [0, 0.1) is 25.2 Å².